The maximum absolute atomic E-state index is 3.97. The number of nitrogens with zero attached hydrogens (tertiary/aromatic N) is 1. The predicted octanol–water partition coefficient (Wildman–Crippen LogP) is 3.12. The van der Waals surface area contributed by atoms with Gasteiger partial charge in [-0.15, -0.1) is 18.3 Å². The summed E-state index contributed by atoms with van der Waals surface area (Å²) in [5, 5.41) is 0. The fourth-order valence-electron chi connectivity index (χ4n) is 0.628. The second-order valence-electron chi connectivity index (χ2n) is 1.91. The normalized spacial score (nSPS) is 9.55. The lowest BCUT2D eigenvalue weighted by atomic mass is 10.5. The van der Waals surface area contributed by atoms with Gasteiger partial charge in [0.2, 0.25) is 0 Å². The molecule has 1 aromatic heterocycles. The van der Waals surface area contributed by atoms with Gasteiger partial charge in [0.15, 0.2) is 0 Å². The zero-order valence-corrected chi connectivity index (χ0v) is 8.36. The monoisotopic (exact) mass is 229 g/mol. The number of pyridine rings is 1. The largest absolute Gasteiger partial charge is 0.263 e. The summed E-state index contributed by atoms with van der Waals surface area (Å²) in [5.41, 5.74) is 0. The van der Waals surface area contributed by atoms with Crippen molar-refractivity contribution in [3.05, 3.63) is 35.6 Å². The van der Waals surface area contributed by atoms with Gasteiger partial charge < -0.3 is 0 Å². The average molecular weight is 230 g/mol. The first-order valence-electron chi connectivity index (χ1n) is 3.18. The molecule has 11 heavy (non-hydrogen) atoms. The lowest BCUT2D eigenvalue weighted by Crippen LogP contribution is -1.77. The number of hydrogen-bond donors (Lipinski definition) is 0. The summed E-state index contributed by atoms with van der Waals surface area (Å²) in [6.45, 7) is 3.65. The summed E-state index contributed by atoms with van der Waals surface area (Å²) in [4.78, 5) is 5.18. The van der Waals surface area contributed by atoms with E-state index in [0.29, 0.717) is 0 Å². The molecule has 3 heteroatoms. The van der Waals surface area contributed by atoms with Crippen molar-refractivity contribution in [1.82, 2.24) is 4.98 Å². The van der Waals surface area contributed by atoms with Gasteiger partial charge in [0, 0.05) is 27.5 Å². The molecular formula is C8H8BrNS. The van der Waals surface area contributed by atoms with Crippen LogP contribution in [0.1, 0.15) is 0 Å². The van der Waals surface area contributed by atoms with E-state index in [0.717, 1.165) is 10.2 Å². The van der Waals surface area contributed by atoms with E-state index in [1.165, 1.54) is 4.90 Å². The molecule has 58 valence electrons. The molecule has 0 aliphatic heterocycles. The number of hydrogen-bond acceptors (Lipinski definition) is 2. The average Bonchev–Trinajstić information content (AvgIpc) is 2.03. The van der Waals surface area contributed by atoms with E-state index in [1.54, 1.807) is 24.2 Å². The van der Waals surface area contributed by atoms with Crippen molar-refractivity contribution in [2.45, 2.75) is 4.90 Å². The van der Waals surface area contributed by atoms with Crippen molar-refractivity contribution in [3.63, 3.8) is 0 Å². The quantitative estimate of drug-likeness (QED) is 0.584. The van der Waals surface area contributed by atoms with Gasteiger partial charge in [-0.25, -0.2) is 0 Å². The summed E-state index contributed by atoms with van der Waals surface area (Å²) in [5.74, 6) is 0.933. The van der Waals surface area contributed by atoms with E-state index in [1.807, 2.05) is 12.1 Å². The van der Waals surface area contributed by atoms with Crippen LogP contribution in [0, 0.1) is 0 Å². The molecule has 0 N–H and O–H groups in total. The third-order valence-corrected chi connectivity index (χ3v) is 3.06. The molecule has 1 nitrogen and oxygen atoms in total. The van der Waals surface area contributed by atoms with Crippen LogP contribution in [-0.4, -0.2) is 10.7 Å². The number of aromatic nitrogens is 1. The minimum atomic E-state index is 0.933. The molecular weight excluding hydrogens is 222 g/mol. The molecule has 0 amide bonds. The van der Waals surface area contributed by atoms with Crippen LogP contribution in [0.5, 0.6) is 0 Å². The Hall–Kier alpha value is -0.280. The zero-order chi connectivity index (χ0) is 8.10. The summed E-state index contributed by atoms with van der Waals surface area (Å²) in [6.07, 6.45) is 5.47. The Bertz CT molecular complexity index is 250. The maximum Gasteiger partial charge on any atom is 0.0494 e. The van der Waals surface area contributed by atoms with Gasteiger partial charge >= 0.3 is 0 Å². The van der Waals surface area contributed by atoms with E-state index in [-0.39, 0.29) is 0 Å². The van der Waals surface area contributed by atoms with Gasteiger partial charge in [-0.05, 0) is 22.0 Å². The van der Waals surface area contributed by atoms with Gasteiger partial charge in [0.05, 0.1) is 0 Å². The van der Waals surface area contributed by atoms with E-state index in [9.17, 15) is 0 Å². The Morgan fingerprint density at radius 2 is 2.55 bits per heavy atom. The molecule has 0 bridgehead atoms. The lowest BCUT2D eigenvalue weighted by molar-refractivity contribution is 1.23. The van der Waals surface area contributed by atoms with Gasteiger partial charge in [-0.3, -0.25) is 4.98 Å². The van der Waals surface area contributed by atoms with Crippen molar-refractivity contribution in [2.24, 2.45) is 0 Å². The summed E-state index contributed by atoms with van der Waals surface area (Å²) >= 11 is 5.15. The van der Waals surface area contributed by atoms with Crippen LogP contribution >= 0.6 is 27.7 Å². The summed E-state index contributed by atoms with van der Waals surface area (Å²) in [7, 11) is 0. The Morgan fingerprint density at radius 3 is 3.18 bits per heavy atom. The van der Waals surface area contributed by atoms with Gasteiger partial charge in [0.1, 0.15) is 0 Å². The Balaban J connectivity index is 2.69. The van der Waals surface area contributed by atoms with Crippen LogP contribution < -0.4 is 0 Å². The molecule has 0 radical (unpaired) electrons. The molecule has 1 heterocycles. The summed E-state index contributed by atoms with van der Waals surface area (Å²) < 4.78 is 1.05. The third kappa shape index (κ3) is 2.67. The molecule has 0 spiro atoms. The fourth-order valence-corrected chi connectivity index (χ4v) is 1.87. The molecule has 1 aromatic rings. The van der Waals surface area contributed by atoms with Crippen LogP contribution in [0.3, 0.4) is 0 Å². The first kappa shape index (κ1) is 8.81. The van der Waals surface area contributed by atoms with Crippen LogP contribution in [0.25, 0.3) is 0 Å². The van der Waals surface area contributed by atoms with Crippen molar-refractivity contribution in [2.75, 3.05) is 5.75 Å². The molecule has 0 unspecified atom stereocenters. The Labute approximate surface area is 79.0 Å². The molecule has 0 saturated carbocycles. The zero-order valence-electron chi connectivity index (χ0n) is 5.96. The minimum Gasteiger partial charge on any atom is -0.263 e. The van der Waals surface area contributed by atoms with E-state index < -0.39 is 0 Å². The number of halogens is 1. The highest BCUT2D eigenvalue weighted by atomic mass is 79.9. The SMILES string of the molecule is C=CCSc1ccncc1Br. The lowest BCUT2D eigenvalue weighted by Gasteiger charge is -1.98. The Kier molecular flexibility index (Phi) is 3.66. The van der Waals surface area contributed by atoms with Gasteiger partial charge in [0.25, 0.3) is 0 Å². The predicted molar refractivity (Wildman–Crippen MR) is 52.9 cm³/mol. The second kappa shape index (κ2) is 4.57. The van der Waals surface area contributed by atoms with Crippen molar-refractivity contribution < 1.29 is 0 Å². The molecule has 0 aromatic carbocycles. The summed E-state index contributed by atoms with van der Waals surface area (Å²) in [6, 6.07) is 1.98. The smallest absolute Gasteiger partial charge is 0.0494 e. The first-order chi connectivity index (χ1) is 5.34. The van der Waals surface area contributed by atoms with E-state index >= 15 is 0 Å². The topological polar surface area (TPSA) is 12.9 Å². The fraction of sp³-hybridized carbons (Fsp3) is 0.125. The van der Waals surface area contributed by atoms with Crippen molar-refractivity contribution in [1.29, 1.82) is 0 Å². The maximum atomic E-state index is 3.97. The van der Waals surface area contributed by atoms with Crippen LogP contribution in [0.2, 0.25) is 0 Å². The molecule has 0 aliphatic carbocycles. The molecule has 0 saturated heterocycles. The number of rotatable bonds is 3. The molecule has 0 atom stereocenters. The van der Waals surface area contributed by atoms with Gasteiger partial charge in [-0.1, -0.05) is 6.08 Å². The molecule has 0 fully saturated rings. The Morgan fingerprint density at radius 1 is 1.73 bits per heavy atom. The van der Waals surface area contributed by atoms with Crippen LogP contribution in [0.15, 0.2) is 40.5 Å². The highest BCUT2D eigenvalue weighted by molar-refractivity contribution is 9.10. The second-order valence-corrected chi connectivity index (χ2v) is 3.82. The highest BCUT2D eigenvalue weighted by Crippen LogP contribution is 2.25. The number of thioether (sulfide) groups is 1. The standard InChI is InChI=1S/C8H8BrNS/c1-2-5-11-8-3-4-10-6-7(8)9/h2-4,6H,1,5H2. The highest BCUT2D eigenvalue weighted by Gasteiger charge is 1.96. The van der Waals surface area contributed by atoms with Crippen molar-refractivity contribution >= 4 is 27.7 Å². The first-order valence-corrected chi connectivity index (χ1v) is 4.95. The van der Waals surface area contributed by atoms with Crippen molar-refractivity contribution in [3.8, 4) is 0 Å². The van der Waals surface area contributed by atoms with E-state index in [4.69, 9.17) is 0 Å². The van der Waals surface area contributed by atoms with E-state index in [2.05, 4.69) is 27.5 Å². The molecule has 0 aliphatic rings. The molecule has 1 rings (SSSR count). The minimum absolute atomic E-state index is 0.933. The third-order valence-electron chi connectivity index (χ3n) is 1.09. The van der Waals surface area contributed by atoms with Crippen LogP contribution in [0.4, 0.5) is 0 Å². The van der Waals surface area contributed by atoms with Gasteiger partial charge in [-0.2, -0.15) is 0 Å². The van der Waals surface area contributed by atoms with Crippen LogP contribution in [-0.2, 0) is 0 Å².